The average Bonchev–Trinajstić information content (AvgIpc) is 2.76. The number of hydrogen-bond acceptors (Lipinski definition) is 9. The Kier molecular flexibility index (Phi) is 10.6. The fraction of sp³-hybridized carbons (Fsp3) is 0.261. The molecule has 0 bridgehead atoms. The highest BCUT2D eigenvalue weighted by molar-refractivity contribution is 7.58. The average molecular weight is 507 g/mol. The lowest BCUT2D eigenvalue weighted by molar-refractivity contribution is -0.339. The summed E-state index contributed by atoms with van der Waals surface area (Å²) in [6.45, 7) is 3.58. The summed E-state index contributed by atoms with van der Waals surface area (Å²) in [5, 5.41) is 0. The van der Waals surface area contributed by atoms with E-state index in [0.717, 1.165) is 11.1 Å². The van der Waals surface area contributed by atoms with Crippen molar-refractivity contribution in [1.82, 2.24) is 0 Å². The van der Waals surface area contributed by atoms with Crippen LogP contribution >= 0.6 is 15.6 Å². The normalized spacial score (nSPS) is 14.5. The number of phosphoric ester groups is 1. The Morgan fingerprint density at radius 3 is 2.12 bits per heavy atom. The van der Waals surface area contributed by atoms with Gasteiger partial charge in [-0.2, -0.15) is 0 Å². The fourth-order valence-corrected chi connectivity index (χ4v) is 4.21. The van der Waals surface area contributed by atoms with Gasteiger partial charge in [0.2, 0.25) is 0 Å². The van der Waals surface area contributed by atoms with E-state index in [1.165, 1.54) is 6.08 Å². The highest BCUT2D eigenvalue weighted by Gasteiger charge is 2.11. The van der Waals surface area contributed by atoms with Crippen LogP contribution in [0.3, 0.4) is 0 Å². The van der Waals surface area contributed by atoms with Crippen molar-refractivity contribution in [2.45, 2.75) is 26.7 Å². The number of benzene rings is 2. The minimum atomic E-state index is -5.68. The van der Waals surface area contributed by atoms with Gasteiger partial charge in [-0.05, 0) is 56.5 Å². The quantitative estimate of drug-likeness (QED) is 0.226. The molecule has 0 aliphatic carbocycles. The van der Waals surface area contributed by atoms with Crippen molar-refractivity contribution in [2.75, 3.05) is 13.2 Å². The number of hydrogen-bond donors (Lipinski definition) is 0. The number of ether oxygens (including phenoxy) is 1. The summed E-state index contributed by atoms with van der Waals surface area (Å²) in [5.74, 6) is 0.578. The summed E-state index contributed by atoms with van der Waals surface area (Å²) < 4.78 is 34.9. The van der Waals surface area contributed by atoms with Crippen molar-refractivity contribution in [3.63, 3.8) is 0 Å². The van der Waals surface area contributed by atoms with Crippen LogP contribution in [0.4, 0.5) is 0 Å². The third-order valence-corrected chi connectivity index (χ3v) is 6.58. The summed E-state index contributed by atoms with van der Waals surface area (Å²) in [4.78, 5) is 44.3. The van der Waals surface area contributed by atoms with Gasteiger partial charge in [-0.15, -0.1) is 0 Å². The molecule has 0 aliphatic rings. The Bertz CT molecular complexity index is 1100. The first-order valence-corrected chi connectivity index (χ1v) is 13.2. The molecule has 0 aliphatic heterocycles. The van der Waals surface area contributed by atoms with Crippen molar-refractivity contribution in [1.29, 1.82) is 0 Å². The van der Waals surface area contributed by atoms with Crippen molar-refractivity contribution < 1.29 is 42.2 Å². The van der Waals surface area contributed by atoms with Gasteiger partial charge in [0.05, 0.1) is 14.4 Å². The number of carbonyl (C=O) groups is 1. The topological polar surface area (TPSA) is 148 Å². The van der Waals surface area contributed by atoms with Gasteiger partial charge in [-0.3, -0.25) is 13.7 Å². The maximum absolute atomic E-state index is 12.4. The smallest absolute Gasteiger partial charge is 0.272 e. The van der Waals surface area contributed by atoms with Crippen LogP contribution < -0.4 is 19.4 Å². The molecule has 1 unspecified atom stereocenters. The summed E-state index contributed by atoms with van der Waals surface area (Å²) in [6.07, 6.45) is 4.68. The van der Waals surface area contributed by atoms with Crippen LogP contribution in [0.5, 0.6) is 5.75 Å². The van der Waals surface area contributed by atoms with E-state index in [-0.39, 0.29) is 5.78 Å². The molecule has 9 nitrogen and oxygen atoms in total. The highest BCUT2D eigenvalue weighted by Crippen LogP contribution is 2.50. The molecular weight excluding hydrogens is 482 g/mol. The zero-order valence-electron chi connectivity index (χ0n) is 18.7. The van der Waals surface area contributed by atoms with Crippen LogP contribution in [0.25, 0.3) is 0 Å². The molecular formula is C23H25O9P2-3. The highest BCUT2D eigenvalue weighted by atomic mass is 31.3. The van der Waals surface area contributed by atoms with E-state index in [1.807, 2.05) is 31.2 Å². The summed E-state index contributed by atoms with van der Waals surface area (Å²) in [5.41, 5.74) is 2.98. The number of carbonyl (C=O) groups excluding carboxylic acids is 1. The Labute approximate surface area is 198 Å². The van der Waals surface area contributed by atoms with Gasteiger partial charge >= 0.3 is 0 Å². The van der Waals surface area contributed by atoms with E-state index in [0.29, 0.717) is 36.3 Å². The SMILES string of the molecule is C/C(=C\COP(=O)([O-])OP(=O)([O-])[O-])CC/C=C(\C)COc1ccc(C(=O)c2ccccc2)cc1. The lowest BCUT2D eigenvalue weighted by Gasteiger charge is -2.34. The molecule has 0 amide bonds. The van der Waals surface area contributed by atoms with Crippen molar-refractivity contribution in [2.24, 2.45) is 0 Å². The van der Waals surface area contributed by atoms with Crippen LogP contribution in [-0.2, 0) is 18.0 Å². The molecule has 0 fully saturated rings. The fourth-order valence-electron chi connectivity index (χ4n) is 2.78. The zero-order chi connectivity index (χ0) is 25.2. The molecule has 0 heterocycles. The van der Waals surface area contributed by atoms with E-state index in [9.17, 15) is 28.6 Å². The maximum atomic E-state index is 12.4. The molecule has 34 heavy (non-hydrogen) atoms. The molecule has 0 saturated heterocycles. The molecule has 0 aromatic heterocycles. The predicted molar refractivity (Wildman–Crippen MR) is 121 cm³/mol. The van der Waals surface area contributed by atoms with Crippen LogP contribution in [0.15, 0.2) is 77.9 Å². The van der Waals surface area contributed by atoms with Crippen LogP contribution in [0.1, 0.15) is 42.6 Å². The zero-order valence-corrected chi connectivity index (χ0v) is 20.5. The minimum Gasteiger partial charge on any atom is -0.790 e. The molecule has 2 aromatic carbocycles. The molecule has 0 spiro atoms. The van der Waals surface area contributed by atoms with E-state index in [4.69, 9.17) is 4.74 Å². The molecule has 1 atom stereocenters. The van der Waals surface area contributed by atoms with Gasteiger partial charge in [-0.25, -0.2) is 0 Å². The van der Waals surface area contributed by atoms with Gasteiger partial charge in [0.15, 0.2) is 5.78 Å². The number of rotatable bonds is 13. The van der Waals surface area contributed by atoms with E-state index in [1.54, 1.807) is 43.3 Å². The van der Waals surface area contributed by atoms with Crippen LogP contribution in [0.2, 0.25) is 0 Å². The number of ketones is 1. The number of allylic oxidation sites excluding steroid dienone is 2. The summed E-state index contributed by atoms with van der Waals surface area (Å²) in [6, 6.07) is 15.9. The molecule has 0 radical (unpaired) electrons. The Balaban J connectivity index is 1.75. The van der Waals surface area contributed by atoms with Gasteiger partial charge in [0, 0.05) is 11.1 Å². The van der Waals surface area contributed by atoms with Crippen molar-refractivity contribution in [3.05, 3.63) is 89.0 Å². The Morgan fingerprint density at radius 2 is 1.50 bits per heavy atom. The van der Waals surface area contributed by atoms with Gasteiger partial charge in [0.25, 0.3) is 7.82 Å². The molecule has 0 saturated carbocycles. The predicted octanol–water partition coefficient (Wildman–Crippen LogP) is 3.30. The molecule has 2 rings (SSSR count). The first kappa shape index (κ1) is 27.9. The van der Waals surface area contributed by atoms with Crippen molar-refractivity contribution >= 4 is 21.4 Å². The first-order valence-electron chi connectivity index (χ1n) is 10.3. The van der Waals surface area contributed by atoms with E-state index >= 15 is 0 Å². The molecule has 0 N–H and O–H groups in total. The second kappa shape index (κ2) is 12.9. The second-order valence-electron chi connectivity index (χ2n) is 7.42. The van der Waals surface area contributed by atoms with E-state index in [2.05, 4.69) is 8.83 Å². The second-order valence-corrected chi connectivity index (χ2v) is 10.1. The first-order chi connectivity index (χ1) is 16.0. The standard InChI is InChI=1S/C23H28O9P2/c1-18(15-16-31-34(28,29)32-33(25,26)27)7-6-8-19(2)17-30-22-13-11-21(12-14-22)23(24)20-9-4-3-5-10-20/h3-5,8-15H,6-7,16-17H2,1-2H3,(H,28,29)(H2,25,26,27)/p-3/b18-15+,19-8+. The largest absolute Gasteiger partial charge is 0.790 e. The lowest BCUT2D eigenvalue weighted by atomic mass is 10.0. The van der Waals surface area contributed by atoms with Crippen molar-refractivity contribution in [3.8, 4) is 5.75 Å². The maximum Gasteiger partial charge on any atom is 0.272 e. The van der Waals surface area contributed by atoms with Crippen LogP contribution in [0, 0.1) is 0 Å². The summed E-state index contributed by atoms with van der Waals surface area (Å²) in [7, 11) is -10.9. The van der Waals surface area contributed by atoms with Gasteiger partial charge in [-0.1, -0.05) is 48.1 Å². The Hall–Kier alpha value is -2.35. The monoisotopic (exact) mass is 507 g/mol. The molecule has 11 heteroatoms. The van der Waals surface area contributed by atoms with Crippen LogP contribution in [-0.4, -0.2) is 19.0 Å². The van der Waals surface area contributed by atoms with E-state index < -0.39 is 22.3 Å². The van der Waals surface area contributed by atoms with Gasteiger partial charge < -0.3 is 28.5 Å². The third kappa shape index (κ3) is 10.7. The Morgan fingerprint density at radius 1 is 0.882 bits per heavy atom. The third-order valence-electron chi connectivity index (χ3n) is 4.51. The molecule has 2 aromatic rings. The lowest BCUT2D eigenvalue weighted by Crippen LogP contribution is -2.19. The van der Waals surface area contributed by atoms with Gasteiger partial charge in [0.1, 0.15) is 12.4 Å². The number of phosphoric acid groups is 2. The minimum absolute atomic E-state index is 0.0570. The molecule has 184 valence electrons. The summed E-state index contributed by atoms with van der Waals surface area (Å²) >= 11 is 0.